The SMILES string of the molecule is CN1CCOCC1c1ncncn1. The summed E-state index contributed by atoms with van der Waals surface area (Å²) in [4.78, 5) is 14.2. The highest BCUT2D eigenvalue weighted by Crippen LogP contribution is 2.17. The summed E-state index contributed by atoms with van der Waals surface area (Å²) in [6, 6.07) is 0.178. The van der Waals surface area contributed by atoms with Crippen LogP contribution in [0.25, 0.3) is 0 Å². The van der Waals surface area contributed by atoms with Gasteiger partial charge >= 0.3 is 0 Å². The van der Waals surface area contributed by atoms with E-state index in [2.05, 4.69) is 26.9 Å². The van der Waals surface area contributed by atoms with Crippen LogP contribution in [-0.2, 0) is 4.74 Å². The van der Waals surface area contributed by atoms with Crippen LogP contribution in [0, 0.1) is 0 Å². The minimum atomic E-state index is 0.178. The number of nitrogens with zero attached hydrogens (tertiary/aromatic N) is 4. The number of rotatable bonds is 1. The Morgan fingerprint density at radius 1 is 1.46 bits per heavy atom. The molecule has 5 nitrogen and oxygen atoms in total. The molecule has 1 aliphatic rings. The molecule has 0 saturated carbocycles. The van der Waals surface area contributed by atoms with Crippen molar-refractivity contribution in [3.05, 3.63) is 18.5 Å². The molecular formula is C8H12N4O. The molecule has 0 aliphatic carbocycles. The summed E-state index contributed by atoms with van der Waals surface area (Å²) in [5.41, 5.74) is 0. The van der Waals surface area contributed by atoms with Crippen LogP contribution >= 0.6 is 0 Å². The zero-order valence-corrected chi connectivity index (χ0v) is 7.55. The molecule has 0 bridgehead atoms. The van der Waals surface area contributed by atoms with Crippen molar-refractivity contribution in [2.24, 2.45) is 0 Å². The molecule has 1 aromatic rings. The lowest BCUT2D eigenvalue weighted by molar-refractivity contribution is 0.00173. The van der Waals surface area contributed by atoms with Crippen LogP contribution < -0.4 is 0 Å². The van der Waals surface area contributed by atoms with Gasteiger partial charge in [0.1, 0.15) is 12.7 Å². The molecule has 2 heterocycles. The van der Waals surface area contributed by atoms with Gasteiger partial charge in [-0.05, 0) is 7.05 Å². The topological polar surface area (TPSA) is 51.1 Å². The lowest BCUT2D eigenvalue weighted by Gasteiger charge is -2.30. The standard InChI is InChI=1S/C8H12N4O/c1-12-2-3-13-4-7(12)8-10-5-9-6-11-8/h5-7H,2-4H2,1H3. The molecule has 1 fully saturated rings. The quantitative estimate of drug-likeness (QED) is 0.602. The van der Waals surface area contributed by atoms with E-state index in [1.165, 1.54) is 12.7 Å². The van der Waals surface area contributed by atoms with Crippen LogP contribution in [0.3, 0.4) is 0 Å². The maximum absolute atomic E-state index is 5.36. The van der Waals surface area contributed by atoms with Crippen molar-refractivity contribution < 1.29 is 4.74 Å². The van der Waals surface area contributed by atoms with E-state index in [0.29, 0.717) is 6.61 Å². The van der Waals surface area contributed by atoms with Gasteiger partial charge in [-0.15, -0.1) is 0 Å². The minimum Gasteiger partial charge on any atom is -0.378 e. The molecule has 0 N–H and O–H groups in total. The Morgan fingerprint density at radius 2 is 2.23 bits per heavy atom. The first-order valence-corrected chi connectivity index (χ1v) is 4.28. The predicted molar refractivity (Wildman–Crippen MR) is 46.0 cm³/mol. The number of likely N-dealkylation sites (N-methyl/N-ethyl adjacent to an activating group) is 1. The third-order valence-electron chi connectivity index (χ3n) is 2.21. The fourth-order valence-corrected chi connectivity index (χ4v) is 1.38. The lowest BCUT2D eigenvalue weighted by Crippen LogP contribution is -2.37. The Bertz CT molecular complexity index is 266. The molecular weight excluding hydrogens is 168 g/mol. The van der Waals surface area contributed by atoms with Gasteiger partial charge in [0.25, 0.3) is 0 Å². The Morgan fingerprint density at radius 3 is 2.92 bits per heavy atom. The van der Waals surface area contributed by atoms with E-state index in [1.54, 1.807) is 0 Å². The zero-order valence-electron chi connectivity index (χ0n) is 7.55. The van der Waals surface area contributed by atoms with E-state index < -0.39 is 0 Å². The van der Waals surface area contributed by atoms with E-state index in [-0.39, 0.29) is 6.04 Å². The second kappa shape index (κ2) is 3.76. The average Bonchev–Trinajstić information content (AvgIpc) is 2.20. The normalized spacial score (nSPS) is 24.5. The third-order valence-corrected chi connectivity index (χ3v) is 2.21. The summed E-state index contributed by atoms with van der Waals surface area (Å²) >= 11 is 0. The first-order chi connectivity index (χ1) is 6.38. The predicted octanol–water partition coefficient (Wildman–Crippen LogP) is -0.125. The Balaban J connectivity index is 2.15. The average molecular weight is 180 g/mol. The maximum atomic E-state index is 5.36. The van der Waals surface area contributed by atoms with E-state index in [0.717, 1.165) is 19.0 Å². The van der Waals surface area contributed by atoms with Crippen molar-refractivity contribution in [2.75, 3.05) is 26.8 Å². The van der Waals surface area contributed by atoms with Crippen LogP contribution in [0.1, 0.15) is 11.9 Å². The third kappa shape index (κ3) is 1.81. The molecule has 0 radical (unpaired) electrons. The summed E-state index contributed by atoms with van der Waals surface area (Å²) in [7, 11) is 2.05. The Hall–Kier alpha value is -1.07. The second-order valence-corrected chi connectivity index (χ2v) is 3.07. The molecule has 1 aliphatic heterocycles. The first kappa shape index (κ1) is 8.52. The van der Waals surface area contributed by atoms with Gasteiger partial charge < -0.3 is 4.74 Å². The minimum absolute atomic E-state index is 0.178. The van der Waals surface area contributed by atoms with E-state index >= 15 is 0 Å². The molecule has 70 valence electrons. The van der Waals surface area contributed by atoms with Gasteiger partial charge in [0.05, 0.1) is 19.3 Å². The van der Waals surface area contributed by atoms with Gasteiger partial charge in [0, 0.05) is 6.54 Å². The van der Waals surface area contributed by atoms with Crippen LogP contribution in [0.2, 0.25) is 0 Å². The fourth-order valence-electron chi connectivity index (χ4n) is 1.38. The van der Waals surface area contributed by atoms with Crippen LogP contribution in [0.4, 0.5) is 0 Å². The lowest BCUT2D eigenvalue weighted by atomic mass is 10.2. The van der Waals surface area contributed by atoms with Gasteiger partial charge in [0.15, 0.2) is 5.82 Å². The molecule has 1 unspecified atom stereocenters. The Kier molecular flexibility index (Phi) is 2.47. The monoisotopic (exact) mass is 180 g/mol. The highest BCUT2D eigenvalue weighted by molar-refractivity contribution is 4.93. The van der Waals surface area contributed by atoms with Crippen molar-refractivity contribution in [1.82, 2.24) is 19.9 Å². The summed E-state index contributed by atoms with van der Waals surface area (Å²) < 4.78 is 5.36. The highest BCUT2D eigenvalue weighted by atomic mass is 16.5. The fraction of sp³-hybridized carbons (Fsp3) is 0.625. The van der Waals surface area contributed by atoms with Crippen molar-refractivity contribution in [2.45, 2.75) is 6.04 Å². The summed E-state index contributed by atoms with van der Waals surface area (Å²) in [6.45, 7) is 2.38. The molecule has 1 aromatic heterocycles. The smallest absolute Gasteiger partial charge is 0.151 e. The van der Waals surface area contributed by atoms with Gasteiger partial charge in [-0.2, -0.15) is 0 Å². The second-order valence-electron chi connectivity index (χ2n) is 3.07. The number of hydrogen-bond donors (Lipinski definition) is 0. The van der Waals surface area contributed by atoms with Crippen LogP contribution in [0.15, 0.2) is 12.7 Å². The number of hydrogen-bond acceptors (Lipinski definition) is 5. The van der Waals surface area contributed by atoms with Crippen LogP contribution in [0.5, 0.6) is 0 Å². The van der Waals surface area contributed by atoms with Crippen molar-refractivity contribution >= 4 is 0 Å². The van der Waals surface area contributed by atoms with Gasteiger partial charge in [-0.25, -0.2) is 15.0 Å². The van der Waals surface area contributed by atoms with Gasteiger partial charge in [0.2, 0.25) is 0 Å². The molecule has 13 heavy (non-hydrogen) atoms. The summed E-state index contributed by atoms with van der Waals surface area (Å²) in [6.07, 6.45) is 3.04. The molecule has 1 saturated heterocycles. The van der Waals surface area contributed by atoms with E-state index in [9.17, 15) is 0 Å². The number of aromatic nitrogens is 3. The Labute approximate surface area is 76.8 Å². The van der Waals surface area contributed by atoms with Crippen molar-refractivity contribution in [1.29, 1.82) is 0 Å². The largest absolute Gasteiger partial charge is 0.378 e. The maximum Gasteiger partial charge on any atom is 0.151 e. The van der Waals surface area contributed by atoms with E-state index in [4.69, 9.17) is 4.74 Å². The summed E-state index contributed by atoms with van der Waals surface area (Å²) in [5, 5.41) is 0. The van der Waals surface area contributed by atoms with Gasteiger partial charge in [-0.3, -0.25) is 4.90 Å². The first-order valence-electron chi connectivity index (χ1n) is 4.28. The zero-order chi connectivity index (χ0) is 9.10. The molecule has 5 heteroatoms. The molecule has 1 atom stereocenters. The molecule has 0 aromatic carbocycles. The molecule has 2 rings (SSSR count). The summed E-state index contributed by atoms with van der Waals surface area (Å²) in [5.74, 6) is 0.789. The van der Waals surface area contributed by atoms with E-state index in [1.807, 2.05) is 0 Å². The van der Waals surface area contributed by atoms with Crippen molar-refractivity contribution in [3.63, 3.8) is 0 Å². The van der Waals surface area contributed by atoms with Crippen molar-refractivity contribution in [3.8, 4) is 0 Å². The van der Waals surface area contributed by atoms with Gasteiger partial charge in [-0.1, -0.05) is 0 Å². The van der Waals surface area contributed by atoms with Crippen LogP contribution in [-0.4, -0.2) is 46.7 Å². The highest BCUT2D eigenvalue weighted by Gasteiger charge is 2.23. The number of ether oxygens (including phenoxy) is 1. The molecule has 0 amide bonds. The molecule has 0 spiro atoms. The number of morpholine rings is 1.